The number of nitro benzene ring substituents is 1. The summed E-state index contributed by atoms with van der Waals surface area (Å²) in [5.74, 6) is -1.99. The number of carbonyl (C=O) groups is 3. The Labute approximate surface area is 151 Å². The third-order valence-corrected chi connectivity index (χ3v) is 4.25. The number of amides is 1. The second-order valence-electron chi connectivity index (χ2n) is 5.82. The highest BCUT2D eigenvalue weighted by atomic mass is 16.6. The van der Waals surface area contributed by atoms with Crippen LogP contribution in [0.3, 0.4) is 0 Å². The molecule has 1 amide bonds. The predicted molar refractivity (Wildman–Crippen MR) is 94.7 cm³/mol. The van der Waals surface area contributed by atoms with Crippen molar-refractivity contribution in [3.05, 3.63) is 81.4 Å². The van der Waals surface area contributed by atoms with Gasteiger partial charge in [0.25, 0.3) is 11.6 Å². The second kappa shape index (κ2) is 6.03. The molecular weight excluding hydrogens is 352 g/mol. The molecule has 8 nitrogen and oxygen atoms in total. The fourth-order valence-corrected chi connectivity index (χ4v) is 3.00. The van der Waals surface area contributed by atoms with Crippen molar-refractivity contribution in [2.24, 2.45) is 0 Å². The molecule has 27 heavy (non-hydrogen) atoms. The molecule has 0 bridgehead atoms. The summed E-state index contributed by atoms with van der Waals surface area (Å²) in [5, 5.41) is 14.2. The van der Waals surface area contributed by atoms with E-state index in [0.29, 0.717) is 16.5 Å². The zero-order valence-corrected chi connectivity index (χ0v) is 13.6. The summed E-state index contributed by atoms with van der Waals surface area (Å²) in [7, 11) is 0. The van der Waals surface area contributed by atoms with E-state index in [9.17, 15) is 24.5 Å². The summed E-state index contributed by atoms with van der Waals surface area (Å²) in [4.78, 5) is 46.8. The molecule has 3 aromatic carbocycles. The van der Waals surface area contributed by atoms with E-state index in [-0.39, 0.29) is 22.4 Å². The molecule has 0 saturated heterocycles. The average Bonchev–Trinajstić information content (AvgIpc) is 2.66. The van der Waals surface area contributed by atoms with Gasteiger partial charge in [-0.05, 0) is 35.7 Å². The van der Waals surface area contributed by atoms with Crippen LogP contribution in [0.4, 0.5) is 11.4 Å². The van der Waals surface area contributed by atoms with Gasteiger partial charge in [-0.15, -0.1) is 0 Å². The molecule has 0 fully saturated rings. The van der Waals surface area contributed by atoms with Crippen molar-refractivity contribution in [3.8, 4) is 0 Å². The zero-order valence-electron chi connectivity index (χ0n) is 13.6. The number of nitro groups is 1. The van der Waals surface area contributed by atoms with E-state index >= 15 is 0 Å². The fourth-order valence-electron chi connectivity index (χ4n) is 3.00. The van der Waals surface area contributed by atoms with Crippen LogP contribution >= 0.6 is 0 Å². The largest absolute Gasteiger partial charge is 0.386 e. The number of benzene rings is 3. The van der Waals surface area contributed by atoms with Crippen LogP contribution in [-0.2, 0) is 4.74 Å². The third kappa shape index (κ3) is 2.69. The van der Waals surface area contributed by atoms with Crippen LogP contribution in [-0.4, -0.2) is 22.8 Å². The van der Waals surface area contributed by atoms with Crippen LogP contribution in [0.15, 0.2) is 54.6 Å². The highest BCUT2D eigenvalue weighted by Crippen LogP contribution is 2.31. The number of cyclic esters (lactones) is 2. The van der Waals surface area contributed by atoms with E-state index in [1.54, 1.807) is 12.1 Å². The van der Waals surface area contributed by atoms with E-state index < -0.39 is 22.8 Å². The molecule has 0 atom stereocenters. The number of esters is 2. The first-order chi connectivity index (χ1) is 13.0. The fraction of sp³-hybridized carbons (Fsp3) is 0. The van der Waals surface area contributed by atoms with Gasteiger partial charge in [0.2, 0.25) is 0 Å². The first-order valence-electron chi connectivity index (χ1n) is 7.84. The molecule has 0 saturated carbocycles. The normalized spacial score (nSPS) is 12.6. The van der Waals surface area contributed by atoms with Crippen LogP contribution in [0, 0.1) is 10.1 Å². The number of nitrogens with one attached hydrogen (secondary N) is 1. The molecule has 0 unspecified atom stereocenters. The van der Waals surface area contributed by atoms with Crippen LogP contribution < -0.4 is 5.32 Å². The van der Waals surface area contributed by atoms with Crippen LogP contribution in [0.25, 0.3) is 10.8 Å². The quantitative estimate of drug-likeness (QED) is 0.331. The van der Waals surface area contributed by atoms with Gasteiger partial charge in [-0.25, -0.2) is 9.59 Å². The number of nitrogens with zero attached hydrogens (tertiary/aromatic N) is 1. The minimum absolute atomic E-state index is 0.0911. The van der Waals surface area contributed by atoms with E-state index in [2.05, 4.69) is 5.32 Å². The van der Waals surface area contributed by atoms with Gasteiger partial charge < -0.3 is 10.1 Å². The number of hydrogen-bond donors (Lipinski definition) is 1. The summed E-state index contributed by atoms with van der Waals surface area (Å²) in [6.07, 6.45) is 0. The standard InChI is InChI=1S/C19H10N2O6/c22-17(20-10-4-6-11(7-5-10)21(25)26)13-8-9-15-16-12(13)2-1-3-14(16)18(23)27-19(15)24/h1-9H,(H,20,22). The summed E-state index contributed by atoms with van der Waals surface area (Å²) >= 11 is 0. The zero-order chi connectivity index (χ0) is 19.1. The first-order valence-corrected chi connectivity index (χ1v) is 7.84. The van der Waals surface area contributed by atoms with E-state index in [4.69, 9.17) is 4.74 Å². The Kier molecular flexibility index (Phi) is 3.66. The molecule has 1 N–H and O–H groups in total. The number of non-ortho nitro benzene ring substituents is 1. The summed E-state index contributed by atoms with van der Waals surface area (Å²) in [6, 6.07) is 13.1. The SMILES string of the molecule is O=C(Nc1ccc([N+](=O)[O-])cc1)c1ccc2c3c(cccc13)C(=O)OC2=O. The molecule has 8 heteroatoms. The van der Waals surface area contributed by atoms with Crippen LogP contribution in [0.2, 0.25) is 0 Å². The van der Waals surface area contributed by atoms with E-state index in [1.807, 2.05) is 0 Å². The van der Waals surface area contributed by atoms with Gasteiger partial charge in [0.05, 0.1) is 16.1 Å². The number of hydrogen-bond acceptors (Lipinski definition) is 6. The predicted octanol–water partition coefficient (Wildman–Crippen LogP) is 3.31. The molecule has 4 rings (SSSR count). The van der Waals surface area contributed by atoms with Crippen molar-refractivity contribution >= 4 is 40.0 Å². The van der Waals surface area contributed by atoms with Crippen molar-refractivity contribution in [3.63, 3.8) is 0 Å². The van der Waals surface area contributed by atoms with Crippen molar-refractivity contribution in [1.82, 2.24) is 0 Å². The lowest BCUT2D eigenvalue weighted by Crippen LogP contribution is -2.21. The van der Waals surface area contributed by atoms with Gasteiger partial charge in [0.15, 0.2) is 0 Å². The van der Waals surface area contributed by atoms with Crippen molar-refractivity contribution in [1.29, 1.82) is 0 Å². The molecule has 0 radical (unpaired) electrons. The molecule has 1 heterocycles. The Hall–Kier alpha value is -4.07. The minimum Gasteiger partial charge on any atom is -0.386 e. The van der Waals surface area contributed by atoms with Gasteiger partial charge in [0.1, 0.15) is 0 Å². The maximum atomic E-state index is 12.7. The highest BCUT2D eigenvalue weighted by Gasteiger charge is 2.28. The van der Waals surface area contributed by atoms with Crippen LogP contribution in [0.5, 0.6) is 0 Å². The monoisotopic (exact) mass is 362 g/mol. The average molecular weight is 362 g/mol. The molecule has 0 aliphatic carbocycles. The molecule has 3 aromatic rings. The van der Waals surface area contributed by atoms with E-state index in [0.717, 1.165) is 0 Å². The van der Waals surface area contributed by atoms with Gasteiger partial charge in [-0.2, -0.15) is 0 Å². The van der Waals surface area contributed by atoms with Gasteiger partial charge in [0, 0.05) is 28.8 Å². The third-order valence-electron chi connectivity index (χ3n) is 4.25. The highest BCUT2D eigenvalue weighted by molar-refractivity contribution is 6.24. The maximum absolute atomic E-state index is 12.7. The van der Waals surface area contributed by atoms with Crippen molar-refractivity contribution in [2.75, 3.05) is 5.32 Å². The summed E-state index contributed by atoms with van der Waals surface area (Å²) in [6.45, 7) is 0. The molecule has 1 aliphatic rings. The Morgan fingerprint density at radius 3 is 2.26 bits per heavy atom. The number of rotatable bonds is 3. The lowest BCUT2D eigenvalue weighted by molar-refractivity contribution is -0.384. The van der Waals surface area contributed by atoms with Gasteiger partial charge in [-0.3, -0.25) is 14.9 Å². The van der Waals surface area contributed by atoms with Gasteiger partial charge >= 0.3 is 11.9 Å². The van der Waals surface area contributed by atoms with Crippen LogP contribution in [0.1, 0.15) is 31.1 Å². The number of anilines is 1. The molecular formula is C19H10N2O6. The topological polar surface area (TPSA) is 116 Å². The van der Waals surface area contributed by atoms with Crippen molar-refractivity contribution in [2.45, 2.75) is 0 Å². The van der Waals surface area contributed by atoms with Crippen molar-refractivity contribution < 1.29 is 24.0 Å². The number of carbonyl (C=O) groups excluding carboxylic acids is 3. The van der Waals surface area contributed by atoms with E-state index in [1.165, 1.54) is 42.5 Å². The smallest absolute Gasteiger partial charge is 0.346 e. The lowest BCUT2D eigenvalue weighted by Gasteiger charge is -2.17. The Balaban J connectivity index is 1.75. The second-order valence-corrected chi connectivity index (χ2v) is 5.82. The minimum atomic E-state index is -0.758. The van der Waals surface area contributed by atoms with Gasteiger partial charge in [-0.1, -0.05) is 12.1 Å². The summed E-state index contributed by atoms with van der Waals surface area (Å²) < 4.78 is 4.70. The first kappa shape index (κ1) is 16.4. The molecule has 1 aliphatic heterocycles. The Bertz CT molecular complexity index is 1130. The molecule has 0 aromatic heterocycles. The Morgan fingerprint density at radius 1 is 0.926 bits per heavy atom. The Morgan fingerprint density at radius 2 is 1.59 bits per heavy atom. The molecule has 132 valence electrons. The maximum Gasteiger partial charge on any atom is 0.346 e. The number of ether oxygens (including phenoxy) is 1. The lowest BCUT2D eigenvalue weighted by atomic mass is 9.93. The molecule has 0 spiro atoms. The summed E-state index contributed by atoms with van der Waals surface area (Å²) in [5.41, 5.74) is 0.976.